The fourth-order valence-electron chi connectivity index (χ4n) is 9.29. The van der Waals surface area contributed by atoms with E-state index in [-0.39, 0.29) is 46.7 Å². The van der Waals surface area contributed by atoms with Crippen LogP contribution >= 0.6 is 0 Å². The SMILES string of the molecule is CCCC1COC(C2CC=C(c3ccc(-c4cc(F)c(C(C)(F)F)c(F)c4)c(F)c3)CC2)OC1.CCCC1COC(C2CC=C(c3ccc(-c4cc(F)c(F)c(F)c4)c(F)c3)CC2)OC1. The average Bonchev–Trinajstić information content (AvgIpc) is 3.28. The molecule has 2 heterocycles. The number of ether oxygens (including phenoxy) is 4. The number of rotatable bonds is 11. The highest BCUT2D eigenvalue weighted by Gasteiger charge is 2.34. The van der Waals surface area contributed by atoms with Gasteiger partial charge < -0.3 is 18.9 Å². The molecule has 0 spiro atoms. The quantitative estimate of drug-likeness (QED) is 0.111. The fraction of sp³-hybridized carbons (Fsp3) is 0.462. The van der Waals surface area contributed by atoms with Gasteiger partial charge in [-0.3, -0.25) is 0 Å². The van der Waals surface area contributed by atoms with Gasteiger partial charge in [-0.15, -0.1) is 0 Å². The highest BCUT2D eigenvalue weighted by Crippen LogP contribution is 2.40. The molecule has 4 aromatic carbocycles. The Labute approximate surface area is 374 Å². The van der Waals surface area contributed by atoms with E-state index in [0.717, 1.165) is 132 Å². The number of hydrogen-bond acceptors (Lipinski definition) is 4. The van der Waals surface area contributed by atoms with Gasteiger partial charge in [-0.1, -0.05) is 63.1 Å². The molecule has 0 saturated carbocycles. The standard InChI is InChI=1S/C27H29F5O2.C25H26F4O2/c1-3-4-16-14-33-26(34-15-16)18-7-5-17(6-8-18)19-9-10-21(22(28)11-19)20-12-23(29)25(24(30)13-20)27(2,31)32;1-2-3-15-13-30-25(31-14-15)17-6-4-16(5-7-17)18-8-9-20(21(26)10-18)19-11-22(27)24(29)23(28)12-19/h5,9-13,16,18,26H,3-4,6-8,14-15H2,1-2H3;4,8-12,15,17,25H,2-3,5-7,13-14H2,1H3. The molecule has 0 bridgehead atoms. The van der Waals surface area contributed by atoms with Crippen LogP contribution in [0.2, 0.25) is 0 Å². The van der Waals surface area contributed by atoms with Gasteiger partial charge >= 0.3 is 0 Å². The molecule has 4 nitrogen and oxygen atoms in total. The molecule has 0 radical (unpaired) electrons. The molecule has 4 aliphatic rings. The lowest BCUT2D eigenvalue weighted by atomic mass is 9.85. The largest absolute Gasteiger partial charge is 0.352 e. The number of benzene rings is 4. The minimum absolute atomic E-state index is 0.0291. The van der Waals surface area contributed by atoms with Gasteiger partial charge in [0, 0.05) is 41.7 Å². The Kier molecular flexibility index (Phi) is 16.0. The van der Waals surface area contributed by atoms with E-state index in [2.05, 4.69) is 26.0 Å². The van der Waals surface area contributed by atoms with Gasteiger partial charge in [0.1, 0.15) is 23.3 Å². The molecular formula is C52H55F9O4. The zero-order valence-electron chi connectivity index (χ0n) is 36.8. The average molecular weight is 915 g/mol. The molecule has 350 valence electrons. The first-order chi connectivity index (χ1) is 31.1. The van der Waals surface area contributed by atoms with Crippen molar-refractivity contribution in [2.24, 2.45) is 23.7 Å². The van der Waals surface area contributed by atoms with Crippen LogP contribution < -0.4 is 0 Å². The third-order valence-corrected chi connectivity index (χ3v) is 12.8. The molecule has 0 amide bonds. The predicted molar refractivity (Wildman–Crippen MR) is 232 cm³/mol. The van der Waals surface area contributed by atoms with E-state index in [9.17, 15) is 39.5 Å². The molecule has 2 unspecified atom stereocenters. The lowest BCUT2D eigenvalue weighted by Gasteiger charge is -2.35. The van der Waals surface area contributed by atoms with Crippen molar-refractivity contribution in [1.29, 1.82) is 0 Å². The smallest absolute Gasteiger partial charge is 0.276 e. The van der Waals surface area contributed by atoms with Crippen LogP contribution in [0.4, 0.5) is 39.5 Å². The first-order valence-corrected chi connectivity index (χ1v) is 22.6. The van der Waals surface area contributed by atoms with Gasteiger partial charge in [0.05, 0.1) is 32.0 Å². The molecule has 2 aliphatic carbocycles. The van der Waals surface area contributed by atoms with Gasteiger partial charge in [0.25, 0.3) is 5.92 Å². The molecule has 2 atom stereocenters. The highest BCUT2D eigenvalue weighted by atomic mass is 19.3. The number of halogens is 9. The summed E-state index contributed by atoms with van der Waals surface area (Å²) in [5, 5.41) is 0. The fourth-order valence-corrected chi connectivity index (χ4v) is 9.29. The van der Waals surface area contributed by atoms with E-state index in [4.69, 9.17) is 18.9 Å². The predicted octanol–water partition coefficient (Wildman–Crippen LogP) is 14.7. The molecule has 2 saturated heterocycles. The van der Waals surface area contributed by atoms with E-state index in [1.165, 1.54) is 24.3 Å². The van der Waals surface area contributed by atoms with Crippen molar-refractivity contribution < 1.29 is 58.5 Å². The van der Waals surface area contributed by atoms with Crippen LogP contribution in [0.1, 0.15) is 102 Å². The summed E-state index contributed by atoms with van der Waals surface area (Å²) in [5.41, 5.74) is 1.93. The van der Waals surface area contributed by atoms with Crippen molar-refractivity contribution in [3.05, 3.63) is 130 Å². The maximum atomic E-state index is 14.9. The van der Waals surface area contributed by atoms with Gasteiger partial charge in [-0.25, -0.2) is 39.5 Å². The van der Waals surface area contributed by atoms with Crippen LogP contribution in [0, 0.1) is 64.4 Å². The zero-order chi connectivity index (χ0) is 46.4. The van der Waals surface area contributed by atoms with Crippen LogP contribution in [0.15, 0.2) is 72.8 Å². The van der Waals surface area contributed by atoms with Crippen molar-refractivity contribution in [3.8, 4) is 22.3 Å². The van der Waals surface area contributed by atoms with Gasteiger partial charge in [-0.05, 0) is 121 Å². The van der Waals surface area contributed by atoms with Crippen LogP contribution in [0.5, 0.6) is 0 Å². The van der Waals surface area contributed by atoms with E-state index in [1.54, 1.807) is 12.1 Å². The minimum Gasteiger partial charge on any atom is -0.352 e. The topological polar surface area (TPSA) is 36.9 Å². The normalized spacial score (nSPS) is 23.9. The summed E-state index contributed by atoms with van der Waals surface area (Å²) >= 11 is 0. The lowest BCUT2D eigenvalue weighted by Crippen LogP contribution is -2.37. The van der Waals surface area contributed by atoms with E-state index < -0.39 is 52.2 Å². The molecule has 2 fully saturated rings. The van der Waals surface area contributed by atoms with Crippen LogP contribution in [0.3, 0.4) is 0 Å². The Hall–Kier alpha value is -4.43. The van der Waals surface area contributed by atoms with Crippen molar-refractivity contribution in [3.63, 3.8) is 0 Å². The maximum Gasteiger partial charge on any atom is 0.276 e. The molecule has 4 aromatic rings. The summed E-state index contributed by atoms with van der Waals surface area (Å²) in [6.45, 7) is 7.64. The van der Waals surface area contributed by atoms with Crippen LogP contribution in [-0.4, -0.2) is 39.0 Å². The second-order valence-corrected chi connectivity index (χ2v) is 17.8. The van der Waals surface area contributed by atoms with Crippen molar-refractivity contribution in [2.75, 3.05) is 26.4 Å². The molecule has 0 N–H and O–H groups in total. The third-order valence-electron chi connectivity index (χ3n) is 12.8. The number of hydrogen-bond donors (Lipinski definition) is 0. The number of alkyl halides is 2. The second-order valence-electron chi connectivity index (χ2n) is 17.8. The first kappa shape index (κ1) is 48.5. The highest BCUT2D eigenvalue weighted by molar-refractivity contribution is 5.73. The molecule has 8 rings (SSSR count). The summed E-state index contributed by atoms with van der Waals surface area (Å²) < 4.78 is 149. The summed E-state index contributed by atoms with van der Waals surface area (Å²) in [7, 11) is 0. The Morgan fingerprint density at radius 3 is 1.20 bits per heavy atom. The second kappa shape index (κ2) is 21.5. The molecular weight excluding hydrogens is 860 g/mol. The van der Waals surface area contributed by atoms with Gasteiger partial charge in [-0.2, -0.15) is 0 Å². The van der Waals surface area contributed by atoms with Crippen molar-refractivity contribution in [2.45, 2.75) is 103 Å². The monoisotopic (exact) mass is 914 g/mol. The maximum absolute atomic E-state index is 14.9. The first-order valence-electron chi connectivity index (χ1n) is 22.6. The van der Waals surface area contributed by atoms with E-state index >= 15 is 0 Å². The summed E-state index contributed by atoms with van der Waals surface area (Å²) in [6.07, 6.45) is 13.0. The van der Waals surface area contributed by atoms with Crippen LogP contribution in [0.25, 0.3) is 33.4 Å². The van der Waals surface area contributed by atoms with Gasteiger partial charge in [0.15, 0.2) is 30.0 Å². The molecule has 2 aliphatic heterocycles. The molecule has 13 heteroatoms. The summed E-state index contributed by atoms with van der Waals surface area (Å²) in [4.78, 5) is 0. The summed E-state index contributed by atoms with van der Waals surface area (Å²) in [5.74, 6) is -10.5. The van der Waals surface area contributed by atoms with Crippen molar-refractivity contribution >= 4 is 11.1 Å². The van der Waals surface area contributed by atoms with E-state index in [0.29, 0.717) is 24.3 Å². The molecule has 65 heavy (non-hydrogen) atoms. The minimum atomic E-state index is -3.68. The van der Waals surface area contributed by atoms with E-state index in [1.807, 2.05) is 0 Å². The Morgan fingerprint density at radius 2 is 0.877 bits per heavy atom. The Morgan fingerprint density at radius 1 is 0.508 bits per heavy atom. The van der Waals surface area contributed by atoms with Crippen molar-refractivity contribution in [1.82, 2.24) is 0 Å². The zero-order valence-corrected chi connectivity index (χ0v) is 36.8. The lowest BCUT2D eigenvalue weighted by molar-refractivity contribution is -0.226. The van der Waals surface area contributed by atoms with Crippen LogP contribution in [-0.2, 0) is 24.9 Å². The number of allylic oxidation sites excluding steroid dienone is 4. The van der Waals surface area contributed by atoms with Gasteiger partial charge in [0.2, 0.25) is 0 Å². The summed E-state index contributed by atoms with van der Waals surface area (Å²) in [6, 6.07) is 12.1. The Balaban J connectivity index is 0.000000195. The Bertz CT molecular complexity index is 2300. The third kappa shape index (κ3) is 11.8. The molecule has 0 aromatic heterocycles.